The van der Waals surface area contributed by atoms with Crippen LogP contribution in [0.2, 0.25) is 15.1 Å². The third-order valence-corrected chi connectivity index (χ3v) is 3.25. The Labute approximate surface area is 93.8 Å². The number of halogens is 3. The Morgan fingerprint density at radius 2 is 1.77 bits per heavy atom. The topological polar surface area (TPSA) is 0 Å². The van der Waals surface area contributed by atoms with E-state index in [1.165, 1.54) is 0 Å². The van der Waals surface area contributed by atoms with E-state index in [-0.39, 0.29) is 0 Å². The van der Waals surface area contributed by atoms with Crippen molar-refractivity contribution in [3.8, 4) is 0 Å². The average molecular weight is 238 g/mol. The van der Waals surface area contributed by atoms with Crippen LogP contribution in [0.1, 0.15) is 25.3 Å². The highest BCUT2D eigenvalue weighted by Crippen LogP contribution is 2.33. The van der Waals surface area contributed by atoms with Crippen molar-refractivity contribution in [3.05, 3.63) is 32.8 Å². The van der Waals surface area contributed by atoms with Crippen molar-refractivity contribution in [2.75, 3.05) is 0 Å². The van der Waals surface area contributed by atoms with Gasteiger partial charge in [0.1, 0.15) is 0 Å². The first-order valence-electron chi connectivity index (χ1n) is 4.29. The molecule has 0 aromatic heterocycles. The number of unbranched alkanes of at least 4 members (excludes halogenated alkanes) is 1. The molecule has 0 aliphatic rings. The Balaban J connectivity index is 2.90. The van der Waals surface area contributed by atoms with Crippen LogP contribution in [0.25, 0.3) is 0 Å². The number of rotatable bonds is 3. The maximum atomic E-state index is 6.02. The van der Waals surface area contributed by atoms with E-state index in [1.807, 2.05) is 6.07 Å². The summed E-state index contributed by atoms with van der Waals surface area (Å²) in [7, 11) is 0. The smallest absolute Gasteiger partial charge is 0.0781 e. The summed E-state index contributed by atoms with van der Waals surface area (Å²) in [5.74, 6) is 0. The Hall–Kier alpha value is 0.0900. The zero-order chi connectivity index (χ0) is 9.84. The van der Waals surface area contributed by atoms with Gasteiger partial charge < -0.3 is 0 Å². The summed E-state index contributed by atoms with van der Waals surface area (Å²) in [6, 6.07) is 3.73. The van der Waals surface area contributed by atoms with Gasteiger partial charge >= 0.3 is 0 Å². The van der Waals surface area contributed by atoms with Crippen molar-refractivity contribution in [2.24, 2.45) is 0 Å². The monoisotopic (exact) mass is 236 g/mol. The molecular weight excluding hydrogens is 226 g/mol. The summed E-state index contributed by atoms with van der Waals surface area (Å²) in [6.07, 6.45) is 3.24. The van der Waals surface area contributed by atoms with E-state index in [9.17, 15) is 0 Å². The van der Waals surface area contributed by atoms with Gasteiger partial charge in [0.05, 0.1) is 15.1 Å². The molecule has 72 valence electrons. The molecule has 1 aromatic rings. The molecule has 0 fully saturated rings. The van der Waals surface area contributed by atoms with Gasteiger partial charge in [0, 0.05) is 0 Å². The van der Waals surface area contributed by atoms with E-state index in [0.717, 1.165) is 24.8 Å². The van der Waals surface area contributed by atoms with Gasteiger partial charge in [-0.05, 0) is 24.5 Å². The molecule has 0 heterocycles. The first kappa shape index (κ1) is 11.2. The lowest BCUT2D eigenvalue weighted by Gasteiger charge is -2.05. The molecule has 13 heavy (non-hydrogen) atoms. The maximum Gasteiger partial charge on any atom is 0.0781 e. The number of hydrogen-bond donors (Lipinski definition) is 0. The molecule has 0 saturated carbocycles. The summed E-state index contributed by atoms with van der Waals surface area (Å²) < 4.78 is 0. The van der Waals surface area contributed by atoms with Crippen LogP contribution in [0, 0.1) is 0 Å². The molecule has 0 spiro atoms. The SMILES string of the molecule is CCCCc1ccc(Cl)c(Cl)c1Cl. The van der Waals surface area contributed by atoms with Crippen molar-refractivity contribution in [1.29, 1.82) is 0 Å². The molecule has 0 aliphatic heterocycles. The van der Waals surface area contributed by atoms with Crippen molar-refractivity contribution in [3.63, 3.8) is 0 Å². The largest absolute Gasteiger partial charge is 0.0827 e. The standard InChI is InChI=1S/C10H11Cl3/c1-2-3-4-7-5-6-8(11)10(13)9(7)12/h5-6H,2-4H2,1H3. The number of aryl methyl sites for hydroxylation is 1. The summed E-state index contributed by atoms with van der Waals surface area (Å²) in [5, 5.41) is 1.59. The lowest BCUT2D eigenvalue weighted by atomic mass is 10.1. The molecular formula is C10H11Cl3. The Kier molecular flexibility index (Phi) is 4.37. The first-order chi connectivity index (χ1) is 6.16. The Bertz CT molecular complexity index is 294. The summed E-state index contributed by atoms with van der Waals surface area (Å²) in [6.45, 7) is 2.14. The van der Waals surface area contributed by atoms with Crippen LogP contribution < -0.4 is 0 Å². The second kappa shape index (κ2) is 5.09. The Morgan fingerprint density at radius 3 is 2.38 bits per heavy atom. The minimum absolute atomic E-state index is 0.469. The van der Waals surface area contributed by atoms with Crippen LogP contribution in [0.5, 0.6) is 0 Å². The van der Waals surface area contributed by atoms with Crippen molar-refractivity contribution in [1.82, 2.24) is 0 Å². The minimum Gasteiger partial charge on any atom is -0.0827 e. The quantitative estimate of drug-likeness (QED) is 0.650. The molecule has 0 unspecified atom stereocenters. The fourth-order valence-corrected chi connectivity index (χ4v) is 1.78. The third-order valence-electron chi connectivity index (χ3n) is 1.91. The van der Waals surface area contributed by atoms with Crippen LogP contribution in [-0.4, -0.2) is 0 Å². The lowest BCUT2D eigenvalue weighted by molar-refractivity contribution is 0.795. The Morgan fingerprint density at radius 1 is 1.08 bits per heavy atom. The van der Waals surface area contributed by atoms with Crippen LogP contribution in [0.15, 0.2) is 12.1 Å². The molecule has 0 nitrogen and oxygen atoms in total. The van der Waals surface area contributed by atoms with E-state index in [4.69, 9.17) is 34.8 Å². The summed E-state index contributed by atoms with van der Waals surface area (Å²) >= 11 is 17.7. The van der Waals surface area contributed by atoms with Crippen LogP contribution >= 0.6 is 34.8 Å². The van der Waals surface area contributed by atoms with Gasteiger partial charge in [-0.3, -0.25) is 0 Å². The van der Waals surface area contributed by atoms with Gasteiger partial charge in [-0.15, -0.1) is 0 Å². The highest BCUT2D eigenvalue weighted by Gasteiger charge is 2.07. The maximum absolute atomic E-state index is 6.02. The van der Waals surface area contributed by atoms with Gasteiger partial charge in [0.2, 0.25) is 0 Å². The van der Waals surface area contributed by atoms with Gasteiger partial charge in [0.25, 0.3) is 0 Å². The highest BCUT2D eigenvalue weighted by atomic mass is 35.5. The molecule has 0 radical (unpaired) electrons. The first-order valence-corrected chi connectivity index (χ1v) is 5.42. The molecule has 0 N–H and O–H groups in total. The molecule has 1 aromatic carbocycles. The molecule has 0 saturated heterocycles. The molecule has 1 rings (SSSR count). The van der Waals surface area contributed by atoms with Crippen LogP contribution in [0.3, 0.4) is 0 Å². The van der Waals surface area contributed by atoms with Gasteiger partial charge in [0.15, 0.2) is 0 Å². The molecule has 3 heteroatoms. The van der Waals surface area contributed by atoms with Crippen molar-refractivity contribution < 1.29 is 0 Å². The summed E-state index contributed by atoms with van der Waals surface area (Å²) in [4.78, 5) is 0. The molecule has 0 bridgehead atoms. The molecule has 0 atom stereocenters. The van der Waals surface area contributed by atoms with Gasteiger partial charge in [-0.1, -0.05) is 54.2 Å². The predicted molar refractivity (Wildman–Crippen MR) is 60.1 cm³/mol. The van der Waals surface area contributed by atoms with Crippen LogP contribution in [-0.2, 0) is 6.42 Å². The zero-order valence-electron chi connectivity index (χ0n) is 7.41. The molecule has 0 amide bonds. The summed E-state index contributed by atoms with van der Waals surface area (Å²) in [5.41, 5.74) is 1.08. The normalized spacial score (nSPS) is 10.5. The fraction of sp³-hybridized carbons (Fsp3) is 0.400. The second-order valence-corrected chi connectivity index (χ2v) is 4.10. The third kappa shape index (κ3) is 2.77. The van der Waals surface area contributed by atoms with E-state index >= 15 is 0 Å². The minimum atomic E-state index is 0.469. The fourth-order valence-electron chi connectivity index (χ4n) is 1.13. The average Bonchev–Trinajstić information content (AvgIpc) is 2.13. The van der Waals surface area contributed by atoms with Crippen molar-refractivity contribution in [2.45, 2.75) is 26.2 Å². The van der Waals surface area contributed by atoms with E-state index in [1.54, 1.807) is 6.07 Å². The second-order valence-electron chi connectivity index (χ2n) is 2.94. The van der Waals surface area contributed by atoms with E-state index in [0.29, 0.717) is 15.1 Å². The van der Waals surface area contributed by atoms with E-state index < -0.39 is 0 Å². The van der Waals surface area contributed by atoms with Gasteiger partial charge in [-0.25, -0.2) is 0 Å². The lowest BCUT2D eigenvalue weighted by Crippen LogP contribution is -1.87. The van der Waals surface area contributed by atoms with Crippen LogP contribution in [0.4, 0.5) is 0 Å². The highest BCUT2D eigenvalue weighted by molar-refractivity contribution is 6.48. The number of hydrogen-bond acceptors (Lipinski definition) is 0. The zero-order valence-corrected chi connectivity index (χ0v) is 9.68. The van der Waals surface area contributed by atoms with Gasteiger partial charge in [-0.2, -0.15) is 0 Å². The van der Waals surface area contributed by atoms with E-state index in [2.05, 4.69) is 6.92 Å². The molecule has 0 aliphatic carbocycles. The van der Waals surface area contributed by atoms with Crippen molar-refractivity contribution >= 4 is 34.8 Å². The number of benzene rings is 1. The predicted octanol–water partition coefficient (Wildman–Crippen LogP) is 4.99.